The van der Waals surface area contributed by atoms with E-state index in [9.17, 15) is 9.59 Å². The number of aliphatic hydroxyl groups is 2. The van der Waals surface area contributed by atoms with E-state index < -0.39 is 0 Å². The van der Waals surface area contributed by atoms with Gasteiger partial charge in [-0.1, -0.05) is 195 Å². The predicted molar refractivity (Wildman–Crippen MR) is 313 cm³/mol. The number of hydrogen-bond donors (Lipinski definition) is 7. The molecule has 1 atom stereocenters. The highest BCUT2D eigenvalue weighted by Gasteiger charge is 2.16. The fourth-order valence-corrected chi connectivity index (χ4v) is 9.14. The van der Waals surface area contributed by atoms with E-state index in [-0.39, 0.29) is 37.4 Å². The monoisotopic (exact) mass is 1050 g/mol. The van der Waals surface area contributed by atoms with Gasteiger partial charge in [0.15, 0.2) is 0 Å². The van der Waals surface area contributed by atoms with Gasteiger partial charge in [0.05, 0.1) is 25.0 Å². The molecule has 440 valence electrons. The van der Waals surface area contributed by atoms with Crippen molar-refractivity contribution in [2.45, 2.75) is 316 Å². The van der Waals surface area contributed by atoms with Crippen molar-refractivity contribution in [2.24, 2.45) is 23.0 Å². The Morgan fingerprint density at radius 1 is 0.554 bits per heavy atom. The third-order valence-electron chi connectivity index (χ3n) is 13.9. The average Bonchev–Trinajstić information content (AvgIpc) is 3.94. The molecule has 1 fully saturated rings. The van der Waals surface area contributed by atoms with Gasteiger partial charge in [-0.3, -0.25) is 9.59 Å². The van der Waals surface area contributed by atoms with Gasteiger partial charge in [0.25, 0.3) is 0 Å². The lowest BCUT2D eigenvalue weighted by atomic mass is 10.0. The molecule has 1 unspecified atom stereocenters. The summed E-state index contributed by atoms with van der Waals surface area (Å²) in [6, 6.07) is 0. The first kappa shape index (κ1) is 73.5. The van der Waals surface area contributed by atoms with Gasteiger partial charge in [0.1, 0.15) is 12.2 Å². The van der Waals surface area contributed by atoms with Gasteiger partial charge in [0.2, 0.25) is 0 Å². The fourth-order valence-electron chi connectivity index (χ4n) is 9.14. The maximum Gasteiger partial charge on any atom is 0.306 e. The summed E-state index contributed by atoms with van der Waals surface area (Å²) >= 11 is 0. The minimum Gasteiger partial charge on any atom is -0.462 e. The van der Waals surface area contributed by atoms with E-state index in [1.165, 1.54) is 166 Å². The number of esters is 2. The van der Waals surface area contributed by atoms with Gasteiger partial charge in [0, 0.05) is 57.2 Å². The summed E-state index contributed by atoms with van der Waals surface area (Å²) in [6.07, 6.45) is 52.6. The Bertz CT molecular complexity index is 1200. The van der Waals surface area contributed by atoms with Crippen LogP contribution in [0.5, 0.6) is 0 Å². The Labute approximate surface area is 456 Å². The van der Waals surface area contributed by atoms with Crippen LogP contribution < -0.4 is 28.4 Å². The van der Waals surface area contributed by atoms with Crippen molar-refractivity contribution in [2.75, 3.05) is 39.5 Å². The summed E-state index contributed by atoms with van der Waals surface area (Å²) in [5, 5.41) is 22.4. The Hall–Kier alpha value is -2.58. The third-order valence-corrected chi connectivity index (χ3v) is 13.9. The molecule has 13 heteroatoms. The van der Waals surface area contributed by atoms with Crippen molar-refractivity contribution < 1.29 is 34.0 Å². The number of aliphatic hydroxyl groups excluding tert-OH is 2. The first-order valence-electron chi connectivity index (χ1n) is 31.2. The SMILES string of the molecule is CCCCCCCCC(CCCCCCCC)OC(=O)CCCCCCCN(N)/C=C(\N)CO.CCCCCCCCC(CCCCCCCC)OC(=O)CCCCCCCN/C=C(\N)CO.NCC1CCCO1. The topological polar surface area (TPSA) is 222 Å². The fraction of sp³-hybridized carbons (Fsp3) is 0.902. The molecule has 0 radical (unpaired) electrons. The zero-order chi connectivity index (χ0) is 54.8. The normalized spacial score (nSPS) is 13.7. The molecule has 0 aromatic carbocycles. The van der Waals surface area contributed by atoms with Crippen molar-refractivity contribution >= 4 is 11.9 Å². The molecule has 13 nitrogen and oxygen atoms in total. The molecule has 74 heavy (non-hydrogen) atoms. The largest absolute Gasteiger partial charge is 0.462 e. The lowest BCUT2D eigenvalue weighted by Crippen LogP contribution is -2.28. The Morgan fingerprint density at radius 3 is 1.27 bits per heavy atom. The second kappa shape index (κ2) is 59.7. The number of ether oxygens (including phenoxy) is 3. The van der Waals surface area contributed by atoms with Gasteiger partial charge in [-0.05, 0) is 89.9 Å². The van der Waals surface area contributed by atoms with Crippen LogP contribution in [0.1, 0.15) is 297 Å². The number of unbranched alkanes of at least 4 members (excludes halogenated alkanes) is 28. The highest BCUT2D eigenvalue weighted by Crippen LogP contribution is 2.20. The lowest BCUT2D eigenvalue weighted by Gasteiger charge is -2.18. The summed E-state index contributed by atoms with van der Waals surface area (Å²) in [4.78, 5) is 24.8. The number of nitrogens with one attached hydrogen (secondary N) is 1. The maximum absolute atomic E-state index is 12.4. The Balaban J connectivity index is 0. The Kier molecular flexibility index (Phi) is 59.3. The summed E-state index contributed by atoms with van der Waals surface area (Å²) < 4.78 is 17.0. The van der Waals surface area contributed by atoms with Gasteiger partial charge in [-0.2, -0.15) is 0 Å². The van der Waals surface area contributed by atoms with Crippen molar-refractivity contribution in [3.8, 4) is 0 Å². The van der Waals surface area contributed by atoms with Crippen LogP contribution in [0, 0.1) is 0 Å². The molecule has 1 heterocycles. The van der Waals surface area contributed by atoms with E-state index in [1.807, 2.05) is 0 Å². The van der Waals surface area contributed by atoms with Gasteiger partial charge >= 0.3 is 11.9 Å². The molecule has 11 N–H and O–H groups in total. The summed E-state index contributed by atoms with van der Waals surface area (Å²) in [5.41, 5.74) is 17.2. The molecule has 0 saturated carbocycles. The zero-order valence-corrected chi connectivity index (χ0v) is 49.0. The summed E-state index contributed by atoms with van der Waals surface area (Å²) in [6.45, 7) is 11.9. The molecule has 0 bridgehead atoms. The molecule has 0 amide bonds. The number of rotatable bonds is 51. The minimum absolute atomic E-state index is 0.00301. The van der Waals surface area contributed by atoms with Crippen LogP contribution in [0.2, 0.25) is 0 Å². The molecular formula is C61H124N6O7. The van der Waals surface area contributed by atoms with Crippen LogP contribution in [0.3, 0.4) is 0 Å². The highest BCUT2D eigenvalue weighted by atomic mass is 16.5. The quantitative estimate of drug-likeness (QED) is 0.0131. The number of hydrazine groups is 1. The van der Waals surface area contributed by atoms with Crippen LogP contribution in [-0.2, 0) is 23.8 Å². The first-order chi connectivity index (χ1) is 36.1. The Morgan fingerprint density at radius 2 is 0.919 bits per heavy atom. The maximum atomic E-state index is 12.4. The van der Waals surface area contributed by atoms with Gasteiger partial charge in [-0.15, -0.1) is 0 Å². The van der Waals surface area contributed by atoms with E-state index in [0.29, 0.717) is 43.4 Å². The molecule has 0 aliphatic carbocycles. The van der Waals surface area contributed by atoms with Gasteiger partial charge in [-0.25, -0.2) is 5.84 Å². The van der Waals surface area contributed by atoms with Crippen molar-refractivity contribution in [1.82, 2.24) is 10.3 Å². The third kappa shape index (κ3) is 55.6. The second-order valence-corrected chi connectivity index (χ2v) is 21.3. The predicted octanol–water partition coefficient (Wildman–Crippen LogP) is 14.0. The molecule has 1 aliphatic rings. The van der Waals surface area contributed by atoms with E-state index >= 15 is 0 Å². The molecular weight excluding hydrogens is 929 g/mol. The van der Waals surface area contributed by atoms with Crippen molar-refractivity contribution in [3.05, 3.63) is 23.8 Å². The van der Waals surface area contributed by atoms with Crippen LogP contribution in [0.25, 0.3) is 0 Å². The average molecular weight is 1050 g/mol. The van der Waals surface area contributed by atoms with E-state index in [4.69, 9.17) is 47.5 Å². The molecule has 1 rings (SSSR count). The second-order valence-electron chi connectivity index (χ2n) is 21.3. The van der Waals surface area contributed by atoms with Crippen LogP contribution in [-0.4, -0.2) is 84.9 Å². The van der Waals surface area contributed by atoms with Crippen LogP contribution in [0.4, 0.5) is 0 Å². The van der Waals surface area contributed by atoms with Crippen LogP contribution in [0.15, 0.2) is 23.8 Å². The molecule has 0 aromatic heterocycles. The number of hydrogen-bond acceptors (Lipinski definition) is 13. The van der Waals surface area contributed by atoms with E-state index in [2.05, 4.69) is 33.0 Å². The van der Waals surface area contributed by atoms with Crippen molar-refractivity contribution in [1.29, 1.82) is 0 Å². The van der Waals surface area contributed by atoms with E-state index in [1.54, 1.807) is 12.4 Å². The lowest BCUT2D eigenvalue weighted by molar-refractivity contribution is -0.151. The highest BCUT2D eigenvalue weighted by molar-refractivity contribution is 5.69. The number of carbonyl (C=O) groups is 2. The van der Waals surface area contributed by atoms with Gasteiger partial charge < -0.3 is 52.0 Å². The molecule has 1 aliphatic heterocycles. The molecule has 0 aromatic rings. The molecule has 0 spiro atoms. The summed E-state index contributed by atoms with van der Waals surface area (Å²) in [7, 11) is 0. The smallest absolute Gasteiger partial charge is 0.306 e. The summed E-state index contributed by atoms with van der Waals surface area (Å²) in [5.74, 6) is 5.80. The number of nitrogens with zero attached hydrogens (tertiary/aromatic N) is 1. The number of carbonyl (C=O) groups excluding carboxylic acids is 2. The minimum atomic E-state index is -0.178. The first-order valence-corrected chi connectivity index (χ1v) is 31.2. The standard InChI is InChI=1S/C28H57N3O3.C28H56N2O3.C5H11NO/c1-3-5-7-9-12-16-20-27(21-17-13-10-8-6-4-2)34-28(33)22-18-14-11-15-19-23-31(30)24-26(29)25-32;1-3-5-7-9-12-16-20-27(21-17-13-10-8-6-4-2)33-28(32)22-18-14-11-15-19-23-30-24-26(29)25-31;6-4-5-2-1-3-7-5/h24,27,32H,3-23,25,29-30H2,1-2H3;24,27,30-31H,3-23,25,29H2,1-2H3;5H,1-4,6H2/b2*26-24-;. The van der Waals surface area contributed by atoms with Crippen molar-refractivity contribution in [3.63, 3.8) is 0 Å². The zero-order valence-electron chi connectivity index (χ0n) is 49.0. The van der Waals surface area contributed by atoms with Crippen LogP contribution >= 0.6 is 0 Å². The molecule has 1 saturated heterocycles. The van der Waals surface area contributed by atoms with E-state index in [0.717, 1.165) is 109 Å². The number of nitrogens with two attached hydrogens (primary N) is 4.